The van der Waals surface area contributed by atoms with E-state index in [2.05, 4.69) is 21.6 Å². The number of hydrogen-bond donors (Lipinski definition) is 1. The molecule has 2 fully saturated rings. The third-order valence-electron chi connectivity index (χ3n) is 4.33. The lowest BCUT2D eigenvalue weighted by molar-refractivity contribution is 0.406. The van der Waals surface area contributed by atoms with Gasteiger partial charge in [-0.15, -0.1) is 11.3 Å². The molecule has 88 valence electrons. The fourth-order valence-electron chi connectivity index (χ4n) is 3.54. The molecule has 2 bridgehead atoms. The minimum absolute atomic E-state index is 0.648. The molecule has 0 aliphatic heterocycles. The Labute approximate surface area is 104 Å². The van der Waals surface area contributed by atoms with Crippen LogP contribution >= 0.6 is 11.3 Å². The van der Waals surface area contributed by atoms with Crippen molar-refractivity contribution in [2.24, 2.45) is 11.8 Å². The normalized spacial score (nSPS) is 31.2. The van der Waals surface area contributed by atoms with Crippen molar-refractivity contribution in [3.63, 3.8) is 0 Å². The molecule has 4 heteroatoms. The van der Waals surface area contributed by atoms with Gasteiger partial charge in [0.1, 0.15) is 5.82 Å². The molecule has 3 nitrogen and oxygen atoms in total. The van der Waals surface area contributed by atoms with E-state index in [0.29, 0.717) is 5.92 Å². The number of nitrogens with one attached hydrogen (secondary N) is 1. The predicted octanol–water partition coefficient (Wildman–Crippen LogP) is 3.44. The van der Waals surface area contributed by atoms with Crippen LogP contribution < -0.4 is 0 Å². The average molecular weight is 245 g/mol. The topological polar surface area (TPSA) is 41.6 Å². The molecule has 3 atom stereocenters. The van der Waals surface area contributed by atoms with Crippen LogP contribution in [0.2, 0.25) is 0 Å². The zero-order chi connectivity index (χ0) is 11.2. The van der Waals surface area contributed by atoms with E-state index >= 15 is 0 Å². The molecule has 3 unspecified atom stereocenters. The molecule has 2 aliphatic rings. The third-order valence-corrected chi connectivity index (χ3v) is 5.20. The largest absolute Gasteiger partial charge is 0.262 e. The summed E-state index contributed by atoms with van der Waals surface area (Å²) in [6.45, 7) is 0. The van der Waals surface area contributed by atoms with Gasteiger partial charge in [-0.1, -0.05) is 12.5 Å². The van der Waals surface area contributed by atoms with Gasteiger partial charge in [-0.05, 0) is 42.5 Å². The molecular weight excluding hydrogens is 230 g/mol. The number of rotatable bonds is 2. The summed E-state index contributed by atoms with van der Waals surface area (Å²) in [7, 11) is 0. The van der Waals surface area contributed by atoms with Gasteiger partial charge in [0.05, 0.1) is 4.88 Å². The summed E-state index contributed by atoms with van der Waals surface area (Å²) < 4.78 is 0. The lowest BCUT2D eigenvalue weighted by Gasteiger charge is -2.18. The Kier molecular flexibility index (Phi) is 2.12. The van der Waals surface area contributed by atoms with Crippen LogP contribution in [0.15, 0.2) is 17.5 Å². The van der Waals surface area contributed by atoms with Crippen molar-refractivity contribution in [1.29, 1.82) is 0 Å². The van der Waals surface area contributed by atoms with Gasteiger partial charge in [0.15, 0.2) is 5.82 Å². The van der Waals surface area contributed by atoms with Gasteiger partial charge in [-0.2, -0.15) is 5.10 Å². The second-order valence-corrected chi connectivity index (χ2v) is 6.25. The molecule has 0 aromatic carbocycles. The molecule has 2 aromatic heterocycles. The van der Waals surface area contributed by atoms with Crippen LogP contribution in [0, 0.1) is 11.8 Å². The quantitative estimate of drug-likeness (QED) is 0.880. The zero-order valence-electron chi connectivity index (χ0n) is 9.60. The summed E-state index contributed by atoms with van der Waals surface area (Å²) in [5.74, 6) is 4.47. The maximum Gasteiger partial charge on any atom is 0.191 e. The van der Waals surface area contributed by atoms with Gasteiger partial charge in [-0.25, -0.2) is 4.98 Å². The van der Waals surface area contributed by atoms with E-state index in [-0.39, 0.29) is 0 Å². The summed E-state index contributed by atoms with van der Waals surface area (Å²) >= 11 is 1.70. The fraction of sp³-hybridized carbons (Fsp3) is 0.538. The molecule has 0 amide bonds. The minimum atomic E-state index is 0.648. The second kappa shape index (κ2) is 3.67. The second-order valence-electron chi connectivity index (χ2n) is 5.30. The molecule has 2 aliphatic carbocycles. The van der Waals surface area contributed by atoms with Crippen molar-refractivity contribution < 1.29 is 0 Å². The van der Waals surface area contributed by atoms with Crippen LogP contribution in [-0.2, 0) is 0 Å². The summed E-state index contributed by atoms with van der Waals surface area (Å²) in [5, 5.41) is 9.60. The van der Waals surface area contributed by atoms with Crippen molar-refractivity contribution >= 4 is 11.3 Å². The Bertz CT molecular complexity index is 517. The number of hydrogen-bond acceptors (Lipinski definition) is 3. The van der Waals surface area contributed by atoms with E-state index < -0.39 is 0 Å². The maximum absolute atomic E-state index is 4.70. The molecule has 2 heterocycles. The number of fused-ring (bicyclic) bond motifs is 2. The number of nitrogens with zero attached hydrogens (tertiary/aromatic N) is 2. The van der Waals surface area contributed by atoms with Crippen LogP contribution in [0.25, 0.3) is 10.7 Å². The number of aromatic nitrogens is 3. The van der Waals surface area contributed by atoms with E-state index in [1.165, 1.54) is 25.7 Å². The zero-order valence-corrected chi connectivity index (χ0v) is 10.4. The smallest absolute Gasteiger partial charge is 0.191 e. The van der Waals surface area contributed by atoms with Gasteiger partial charge < -0.3 is 0 Å². The molecule has 4 rings (SSSR count). The molecule has 0 radical (unpaired) electrons. The highest BCUT2D eigenvalue weighted by atomic mass is 32.1. The Hall–Kier alpha value is -1.16. The first-order valence-corrected chi connectivity index (χ1v) is 7.24. The number of thiophene rings is 1. The predicted molar refractivity (Wildman–Crippen MR) is 67.9 cm³/mol. The molecule has 2 saturated carbocycles. The third kappa shape index (κ3) is 1.54. The molecule has 0 saturated heterocycles. The highest BCUT2D eigenvalue weighted by Gasteiger charge is 2.41. The standard InChI is InChI=1S/C13H15N3S/c1-2-11(17-5-1)13-14-12(15-16-13)10-7-8-3-4-9(10)6-8/h1-2,5,8-10H,3-4,6-7H2,(H,14,15,16). The monoisotopic (exact) mass is 245 g/mol. The lowest BCUT2D eigenvalue weighted by Crippen LogP contribution is -2.10. The van der Waals surface area contributed by atoms with Crippen LogP contribution in [0.3, 0.4) is 0 Å². The van der Waals surface area contributed by atoms with Gasteiger partial charge in [0.25, 0.3) is 0 Å². The highest BCUT2D eigenvalue weighted by molar-refractivity contribution is 7.13. The van der Waals surface area contributed by atoms with Crippen LogP contribution in [-0.4, -0.2) is 15.2 Å². The van der Waals surface area contributed by atoms with E-state index in [1.807, 2.05) is 6.07 Å². The Morgan fingerprint density at radius 2 is 2.29 bits per heavy atom. The van der Waals surface area contributed by atoms with Crippen LogP contribution in [0.4, 0.5) is 0 Å². The van der Waals surface area contributed by atoms with Crippen LogP contribution in [0.1, 0.15) is 37.4 Å². The Morgan fingerprint density at radius 3 is 3.00 bits per heavy atom. The molecular formula is C13H15N3S. The van der Waals surface area contributed by atoms with Gasteiger partial charge in [0.2, 0.25) is 0 Å². The van der Waals surface area contributed by atoms with Crippen molar-refractivity contribution in [2.75, 3.05) is 0 Å². The fourth-order valence-corrected chi connectivity index (χ4v) is 4.19. The van der Waals surface area contributed by atoms with E-state index in [0.717, 1.165) is 28.4 Å². The van der Waals surface area contributed by atoms with Crippen molar-refractivity contribution in [3.05, 3.63) is 23.3 Å². The van der Waals surface area contributed by atoms with E-state index in [1.54, 1.807) is 11.3 Å². The SMILES string of the molecule is c1csc(-c2n[nH]c(C3CC4CCC3C4)n2)c1. The summed E-state index contributed by atoms with van der Waals surface area (Å²) in [5.41, 5.74) is 0. The highest BCUT2D eigenvalue weighted by Crippen LogP contribution is 2.52. The van der Waals surface area contributed by atoms with E-state index in [9.17, 15) is 0 Å². The first-order chi connectivity index (χ1) is 8.40. The van der Waals surface area contributed by atoms with Gasteiger partial charge >= 0.3 is 0 Å². The molecule has 0 spiro atoms. The Morgan fingerprint density at radius 1 is 1.29 bits per heavy atom. The molecule has 17 heavy (non-hydrogen) atoms. The average Bonchev–Trinajstić information content (AvgIpc) is 3.12. The lowest BCUT2D eigenvalue weighted by atomic mass is 9.88. The maximum atomic E-state index is 4.70. The molecule has 2 aromatic rings. The summed E-state index contributed by atoms with van der Waals surface area (Å²) in [4.78, 5) is 5.86. The van der Waals surface area contributed by atoms with Crippen molar-refractivity contribution in [3.8, 4) is 10.7 Å². The van der Waals surface area contributed by atoms with E-state index in [4.69, 9.17) is 4.98 Å². The van der Waals surface area contributed by atoms with Crippen molar-refractivity contribution in [2.45, 2.75) is 31.6 Å². The van der Waals surface area contributed by atoms with Crippen molar-refractivity contribution in [1.82, 2.24) is 15.2 Å². The van der Waals surface area contributed by atoms with Crippen LogP contribution in [0.5, 0.6) is 0 Å². The first-order valence-electron chi connectivity index (χ1n) is 6.36. The summed E-state index contributed by atoms with van der Waals surface area (Å²) in [6, 6.07) is 4.13. The summed E-state index contributed by atoms with van der Waals surface area (Å²) in [6.07, 6.45) is 5.57. The van der Waals surface area contributed by atoms with Gasteiger partial charge in [0, 0.05) is 5.92 Å². The Balaban J connectivity index is 1.63. The minimum Gasteiger partial charge on any atom is -0.262 e. The number of aromatic amines is 1. The first kappa shape index (κ1) is 9.83. The van der Waals surface area contributed by atoms with Gasteiger partial charge in [-0.3, -0.25) is 5.10 Å². The number of H-pyrrole nitrogens is 1. The molecule has 1 N–H and O–H groups in total.